The van der Waals surface area contributed by atoms with Gasteiger partial charge in [0, 0.05) is 7.05 Å². The van der Waals surface area contributed by atoms with Crippen molar-refractivity contribution in [3.63, 3.8) is 0 Å². The summed E-state index contributed by atoms with van der Waals surface area (Å²) in [4.78, 5) is 26.2. The quantitative estimate of drug-likeness (QED) is 0.362. The van der Waals surface area contributed by atoms with Crippen molar-refractivity contribution in [1.82, 2.24) is 4.90 Å². The van der Waals surface area contributed by atoms with Gasteiger partial charge in [0.2, 0.25) is 0 Å². The molecule has 0 spiro atoms. The lowest BCUT2D eigenvalue weighted by atomic mass is 10.3. The molecule has 0 N–H and O–H groups in total. The van der Waals surface area contributed by atoms with Crippen LogP contribution in [0.15, 0.2) is 4.99 Å². The van der Waals surface area contributed by atoms with E-state index in [0.29, 0.717) is 12.1 Å². The van der Waals surface area contributed by atoms with Gasteiger partial charge in [0.15, 0.2) is 12.3 Å². The average Bonchev–Trinajstić information content (AvgIpc) is 2.17. The van der Waals surface area contributed by atoms with Crippen molar-refractivity contribution in [2.24, 2.45) is 4.99 Å². The fourth-order valence-electron chi connectivity index (χ4n) is 0.790. The zero-order chi connectivity index (χ0) is 7.72. The molecular formula is C6H8N2O2. The van der Waals surface area contributed by atoms with Crippen LogP contribution in [0.1, 0.15) is 6.92 Å². The van der Waals surface area contributed by atoms with Crippen molar-refractivity contribution < 1.29 is 9.59 Å². The minimum absolute atomic E-state index is 0.243. The highest BCUT2D eigenvalue weighted by Crippen LogP contribution is 2.05. The first-order chi connectivity index (χ1) is 4.66. The summed E-state index contributed by atoms with van der Waals surface area (Å²) in [6.45, 7) is 1.70. The van der Waals surface area contributed by atoms with Crippen LogP contribution in [0.3, 0.4) is 0 Å². The third-order valence-electron chi connectivity index (χ3n) is 1.52. The molecule has 1 atom stereocenters. The van der Waals surface area contributed by atoms with E-state index in [2.05, 4.69) is 4.99 Å². The molecule has 1 rings (SSSR count). The SMILES string of the molecule is CC1=NC(C=O)C(=O)N1C. The fraction of sp³-hybridized carbons (Fsp3) is 0.500. The van der Waals surface area contributed by atoms with Crippen LogP contribution in [-0.4, -0.2) is 36.0 Å². The lowest BCUT2D eigenvalue weighted by Gasteiger charge is -2.06. The maximum Gasteiger partial charge on any atom is 0.259 e. The van der Waals surface area contributed by atoms with Gasteiger partial charge in [-0.3, -0.25) is 9.79 Å². The predicted molar refractivity (Wildman–Crippen MR) is 35.7 cm³/mol. The van der Waals surface area contributed by atoms with Gasteiger partial charge in [0.25, 0.3) is 5.91 Å². The summed E-state index contributed by atoms with van der Waals surface area (Å²) >= 11 is 0. The molecule has 0 aliphatic carbocycles. The Labute approximate surface area is 58.5 Å². The molecule has 0 saturated carbocycles. The molecule has 0 radical (unpaired) electrons. The third kappa shape index (κ3) is 0.814. The van der Waals surface area contributed by atoms with E-state index < -0.39 is 6.04 Å². The highest BCUT2D eigenvalue weighted by Gasteiger charge is 2.28. The number of hydrogen-bond donors (Lipinski definition) is 0. The molecule has 0 bridgehead atoms. The van der Waals surface area contributed by atoms with E-state index in [9.17, 15) is 9.59 Å². The summed E-state index contributed by atoms with van der Waals surface area (Å²) < 4.78 is 0. The maximum atomic E-state index is 10.9. The third-order valence-corrected chi connectivity index (χ3v) is 1.52. The second-order valence-corrected chi connectivity index (χ2v) is 2.15. The molecule has 4 heteroatoms. The standard InChI is InChI=1S/C6H8N2O2/c1-4-7-5(3-9)6(10)8(4)2/h3,5H,1-2H3. The number of aldehydes is 1. The van der Waals surface area contributed by atoms with Crippen molar-refractivity contribution in [1.29, 1.82) is 0 Å². The van der Waals surface area contributed by atoms with Gasteiger partial charge in [0.1, 0.15) is 5.84 Å². The van der Waals surface area contributed by atoms with E-state index in [4.69, 9.17) is 0 Å². The number of hydrogen-bond acceptors (Lipinski definition) is 3. The van der Waals surface area contributed by atoms with Gasteiger partial charge in [-0.1, -0.05) is 0 Å². The molecule has 1 heterocycles. The summed E-state index contributed by atoms with van der Waals surface area (Å²) in [6, 6.07) is -0.787. The normalized spacial score (nSPS) is 25.0. The lowest BCUT2D eigenvalue weighted by Crippen LogP contribution is -2.30. The molecule has 1 amide bonds. The second kappa shape index (κ2) is 2.21. The van der Waals surface area contributed by atoms with E-state index in [1.54, 1.807) is 14.0 Å². The second-order valence-electron chi connectivity index (χ2n) is 2.15. The number of nitrogens with zero attached hydrogens (tertiary/aromatic N) is 2. The van der Waals surface area contributed by atoms with E-state index in [-0.39, 0.29) is 5.91 Å². The summed E-state index contributed by atoms with van der Waals surface area (Å²) in [5.41, 5.74) is 0. The van der Waals surface area contributed by atoms with E-state index in [1.807, 2.05) is 0 Å². The Morgan fingerprint density at radius 1 is 1.70 bits per heavy atom. The van der Waals surface area contributed by atoms with Gasteiger partial charge in [-0.2, -0.15) is 0 Å². The van der Waals surface area contributed by atoms with Crippen LogP contribution in [-0.2, 0) is 9.59 Å². The van der Waals surface area contributed by atoms with E-state index >= 15 is 0 Å². The zero-order valence-electron chi connectivity index (χ0n) is 5.87. The van der Waals surface area contributed by atoms with Crippen LogP contribution >= 0.6 is 0 Å². The number of rotatable bonds is 1. The monoisotopic (exact) mass is 140 g/mol. The smallest absolute Gasteiger partial charge is 0.259 e. The number of amides is 1. The Kier molecular flexibility index (Phi) is 1.53. The molecule has 1 unspecified atom stereocenters. The van der Waals surface area contributed by atoms with Gasteiger partial charge in [-0.15, -0.1) is 0 Å². The minimum atomic E-state index is -0.787. The van der Waals surface area contributed by atoms with Crippen molar-refractivity contribution in [2.45, 2.75) is 13.0 Å². The summed E-state index contributed by atoms with van der Waals surface area (Å²) in [7, 11) is 1.60. The van der Waals surface area contributed by atoms with Crippen LogP contribution in [0.25, 0.3) is 0 Å². The molecular weight excluding hydrogens is 132 g/mol. The van der Waals surface area contributed by atoms with Gasteiger partial charge < -0.3 is 9.69 Å². The Morgan fingerprint density at radius 2 is 2.30 bits per heavy atom. The Bertz CT molecular complexity index is 210. The highest BCUT2D eigenvalue weighted by molar-refractivity contribution is 6.11. The topological polar surface area (TPSA) is 49.7 Å². The summed E-state index contributed by atoms with van der Waals surface area (Å²) in [5.74, 6) is 0.356. The van der Waals surface area contributed by atoms with Gasteiger partial charge in [-0.05, 0) is 6.92 Å². The molecule has 0 fully saturated rings. The maximum absolute atomic E-state index is 10.9. The molecule has 0 saturated heterocycles. The highest BCUT2D eigenvalue weighted by atomic mass is 16.2. The molecule has 0 aromatic carbocycles. The first-order valence-electron chi connectivity index (χ1n) is 2.94. The van der Waals surface area contributed by atoms with Crippen molar-refractivity contribution in [3.05, 3.63) is 0 Å². The number of likely N-dealkylation sites (N-methyl/N-ethyl adjacent to an activating group) is 1. The van der Waals surface area contributed by atoms with Crippen LogP contribution in [0.4, 0.5) is 0 Å². The molecule has 0 aromatic rings. The number of carbonyl (C=O) groups is 2. The average molecular weight is 140 g/mol. The van der Waals surface area contributed by atoms with Gasteiger partial charge >= 0.3 is 0 Å². The van der Waals surface area contributed by atoms with Crippen LogP contribution < -0.4 is 0 Å². The molecule has 1 aliphatic heterocycles. The molecule has 54 valence electrons. The van der Waals surface area contributed by atoms with E-state index in [0.717, 1.165) is 0 Å². The number of amidine groups is 1. The van der Waals surface area contributed by atoms with Crippen molar-refractivity contribution in [2.75, 3.05) is 7.05 Å². The molecule has 10 heavy (non-hydrogen) atoms. The summed E-state index contributed by atoms with van der Waals surface area (Å²) in [5, 5.41) is 0. The Morgan fingerprint density at radius 3 is 2.50 bits per heavy atom. The predicted octanol–water partition coefficient (Wildman–Crippen LogP) is -0.556. The Balaban J connectivity index is 2.86. The lowest BCUT2D eigenvalue weighted by molar-refractivity contribution is -0.128. The molecule has 0 aromatic heterocycles. The van der Waals surface area contributed by atoms with E-state index in [1.165, 1.54) is 4.90 Å². The number of carbonyl (C=O) groups excluding carboxylic acids is 2. The molecule has 4 nitrogen and oxygen atoms in total. The van der Waals surface area contributed by atoms with Crippen molar-refractivity contribution in [3.8, 4) is 0 Å². The Hall–Kier alpha value is -1.19. The van der Waals surface area contributed by atoms with Crippen LogP contribution in [0, 0.1) is 0 Å². The first-order valence-corrected chi connectivity index (χ1v) is 2.94. The minimum Gasteiger partial charge on any atom is -0.302 e. The van der Waals surface area contributed by atoms with Crippen LogP contribution in [0.2, 0.25) is 0 Å². The number of aliphatic imine (C=N–C) groups is 1. The van der Waals surface area contributed by atoms with Gasteiger partial charge in [0.05, 0.1) is 0 Å². The first kappa shape index (κ1) is 6.92. The fourth-order valence-corrected chi connectivity index (χ4v) is 0.790. The summed E-state index contributed by atoms with van der Waals surface area (Å²) in [6.07, 6.45) is 0.551. The van der Waals surface area contributed by atoms with Crippen LogP contribution in [0.5, 0.6) is 0 Å². The zero-order valence-corrected chi connectivity index (χ0v) is 5.87. The largest absolute Gasteiger partial charge is 0.302 e. The van der Waals surface area contributed by atoms with Crippen molar-refractivity contribution >= 4 is 18.0 Å². The van der Waals surface area contributed by atoms with Gasteiger partial charge in [-0.25, -0.2) is 0 Å². The molecule has 1 aliphatic rings.